The first-order valence-corrected chi connectivity index (χ1v) is 13.0. The quantitative estimate of drug-likeness (QED) is 0.179. The van der Waals surface area contributed by atoms with Gasteiger partial charge in [-0.3, -0.25) is 0 Å². The minimum absolute atomic E-state index is 0.00198. The molecule has 0 aromatic carbocycles. The molecule has 10 atom stereocenters. The molecule has 208 valence electrons. The van der Waals surface area contributed by atoms with Crippen LogP contribution in [0.5, 0.6) is 0 Å². The van der Waals surface area contributed by atoms with E-state index in [9.17, 15) is 25.5 Å². The highest BCUT2D eigenvalue weighted by atomic mass is 16.7. The molecule has 2 rings (SSSR count). The van der Waals surface area contributed by atoms with E-state index in [-0.39, 0.29) is 13.2 Å². The van der Waals surface area contributed by atoms with Crippen molar-refractivity contribution in [1.82, 2.24) is 0 Å². The van der Waals surface area contributed by atoms with Crippen molar-refractivity contribution in [1.29, 1.82) is 0 Å². The van der Waals surface area contributed by atoms with Gasteiger partial charge in [0.25, 0.3) is 0 Å². The maximum Gasteiger partial charge on any atom is 0.187 e. The van der Waals surface area contributed by atoms with Crippen LogP contribution in [0.1, 0.15) is 59.3 Å². The molecule has 0 saturated carbocycles. The number of unbranched alkanes of at least 4 members (excludes halogenated alkanes) is 3. The molecule has 11 heteroatoms. The van der Waals surface area contributed by atoms with Crippen LogP contribution in [0.25, 0.3) is 0 Å². The van der Waals surface area contributed by atoms with Gasteiger partial charge in [0.1, 0.15) is 48.8 Å². The number of rotatable bonds is 16. The maximum absolute atomic E-state index is 10.9. The van der Waals surface area contributed by atoms with Crippen LogP contribution in [0.2, 0.25) is 0 Å². The Kier molecular flexibility index (Phi) is 14.4. The highest BCUT2D eigenvalue weighted by molar-refractivity contribution is 4.94. The van der Waals surface area contributed by atoms with Crippen LogP contribution in [0, 0.1) is 0 Å². The Morgan fingerprint density at radius 2 is 1.14 bits per heavy atom. The Bertz CT molecular complexity index is 552. The van der Waals surface area contributed by atoms with Crippen molar-refractivity contribution in [2.75, 3.05) is 33.0 Å². The summed E-state index contributed by atoms with van der Waals surface area (Å²) in [6, 6.07) is 0. The molecule has 2 saturated heterocycles. The third kappa shape index (κ3) is 9.11. The van der Waals surface area contributed by atoms with Crippen molar-refractivity contribution in [2.45, 2.75) is 121 Å². The highest BCUT2D eigenvalue weighted by Gasteiger charge is 2.51. The topological polar surface area (TPSA) is 157 Å². The fourth-order valence-electron chi connectivity index (χ4n) is 3.96. The fraction of sp³-hybridized carbons (Fsp3) is 1.00. The van der Waals surface area contributed by atoms with Crippen molar-refractivity contribution in [2.24, 2.45) is 0 Å². The number of hydrogen-bond acceptors (Lipinski definition) is 11. The molecule has 0 aromatic heterocycles. The molecular weight excluding hydrogens is 464 g/mol. The van der Waals surface area contributed by atoms with Crippen molar-refractivity contribution >= 4 is 0 Å². The van der Waals surface area contributed by atoms with Crippen LogP contribution >= 0.6 is 0 Å². The van der Waals surface area contributed by atoms with Crippen LogP contribution in [-0.2, 0) is 28.4 Å². The normalized spacial score (nSPS) is 38.1. The predicted octanol–water partition coefficient (Wildman–Crippen LogP) is 0.0760. The average Bonchev–Trinajstić information content (AvgIpc) is 2.84. The van der Waals surface area contributed by atoms with E-state index in [4.69, 9.17) is 28.4 Å². The van der Waals surface area contributed by atoms with Gasteiger partial charge in [0, 0.05) is 19.8 Å². The number of hydrogen-bond donors (Lipinski definition) is 5. The second kappa shape index (κ2) is 16.4. The fourth-order valence-corrected chi connectivity index (χ4v) is 3.96. The second-order valence-corrected chi connectivity index (χ2v) is 9.22. The van der Waals surface area contributed by atoms with Crippen LogP contribution in [0.4, 0.5) is 0 Å². The van der Waals surface area contributed by atoms with E-state index in [0.717, 1.165) is 32.1 Å². The number of ether oxygens (including phenoxy) is 6. The zero-order valence-corrected chi connectivity index (χ0v) is 21.2. The highest BCUT2D eigenvalue weighted by Crippen LogP contribution is 2.30. The van der Waals surface area contributed by atoms with Gasteiger partial charge in [-0.1, -0.05) is 40.0 Å². The molecule has 0 spiro atoms. The SMILES string of the molecule is CCCCOCC1O[C@H](OC2C(O)[C@H](O)OC(COCCCC)[C@@H]2O)C(OCCCC)C(O)[C@H]1O. The standard InChI is InChI=1S/C24H46O11/c1-4-7-10-30-13-15-17(25)19(27)22(32-12-9-6-3)24(34-15)35-21-18(26)16(14-31-11-8-5-2)33-23(29)20(21)28/h15-29H,4-14H2,1-3H3/t15?,16?,17-,18-,19?,20?,21?,22?,23+,24+/m0/s1. The number of aliphatic hydroxyl groups is 5. The molecule has 11 nitrogen and oxygen atoms in total. The predicted molar refractivity (Wildman–Crippen MR) is 125 cm³/mol. The molecule has 0 radical (unpaired) electrons. The molecule has 2 aliphatic rings. The lowest BCUT2D eigenvalue weighted by Gasteiger charge is -2.46. The van der Waals surface area contributed by atoms with Crippen LogP contribution < -0.4 is 0 Å². The van der Waals surface area contributed by atoms with Gasteiger partial charge >= 0.3 is 0 Å². The third-order valence-electron chi connectivity index (χ3n) is 6.25. The molecule has 2 fully saturated rings. The summed E-state index contributed by atoms with van der Waals surface area (Å²) < 4.78 is 34.1. The second-order valence-electron chi connectivity index (χ2n) is 9.22. The largest absolute Gasteiger partial charge is 0.387 e. The van der Waals surface area contributed by atoms with Gasteiger partial charge in [-0.15, -0.1) is 0 Å². The van der Waals surface area contributed by atoms with E-state index in [0.29, 0.717) is 26.2 Å². The first-order chi connectivity index (χ1) is 16.8. The van der Waals surface area contributed by atoms with Crippen LogP contribution in [0.3, 0.4) is 0 Å². The average molecular weight is 511 g/mol. The van der Waals surface area contributed by atoms with Crippen LogP contribution in [-0.4, -0.2) is 120 Å². The van der Waals surface area contributed by atoms with Gasteiger partial charge < -0.3 is 54.0 Å². The third-order valence-corrected chi connectivity index (χ3v) is 6.25. The summed E-state index contributed by atoms with van der Waals surface area (Å²) in [6.45, 7) is 7.31. The summed E-state index contributed by atoms with van der Waals surface area (Å²) >= 11 is 0. The Hall–Kier alpha value is -0.440. The van der Waals surface area contributed by atoms with E-state index in [1.54, 1.807) is 0 Å². The Morgan fingerprint density at radius 1 is 0.600 bits per heavy atom. The van der Waals surface area contributed by atoms with Gasteiger partial charge in [-0.05, 0) is 19.3 Å². The molecule has 6 unspecified atom stereocenters. The molecule has 0 amide bonds. The van der Waals surface area contributed by atoms with Gasteiger partial charge in [0.15, 0.2) is 12.6 Å². The molecule has 0 aromatic rings. The molecule has 2 aliphatic heterocycles. The Labute approximate surface area is 208 Å². The van der Waals surface area contributed by atoms with E-state index >= 15 is 0 Å². The van der Waals surface area contributed by atoms with Gasteiger partial charge in [-0.25, -0.2) is 0 Å². The summed E-state index contributed by atoms with van der Waals surface area (Å²) in [4.78, 5) is 0. The zero-order chi connectivity index (χ0) is 25.8. The Morgan fingerprint density at radius 3 is 1.71 bits per heavy atom. The molecule has 2 heterocycles. The molecule has 35 heavy (non-hydrogen) atoms. The summed E-state index contributed by atoms with van der Waals surface area (Å²) in [5.41, 5.74) is 0. The van der Waals surface area contributed by atoms with Crippen molar-refractivity contribution in [3.63, 3.8) is 0 Å². The van der Waals surface area contributed by atoms with E-state index in [1.807, 2.05) is 20.8 Å². The van der Waals surface area contributed by atoms with Gasteiger partial charge in [0.05, 0.1) is 13.2 Å². The lowest BCUT2D eigenvalue weighted by Crippen LogP contribution is -2.65. The summed E-state index contributed by atoms with van der Waals surface area (Å²) in [6.07, 6.45) is -7.54. The summed E-state index contributed by atoms with van der Waals surface area (Å²) in [7, 11) is 0. The molecule has 0 bridgehead atoms. The first kappa shape index (κ1) is 30.8. The zero-order valence-electron chi connectivity index (χ0n) is 21.2. The summed E-state index contributed by atoms with van der Waals surface area (Å²) in [5, 5.41) is 53.0. The first-order valence-electron chi connectivity index (χ1n) is 13.0. The van der Waals surface area contributed by atoms with E-state index < -0.39 is 61.4 Å². The monoisotopic (exact) mass is 510 g/mol. The van der Waals surface area contributed by atoms with E-state index in [2.05, 4.69) is 0 Å². The lowest BCUT2D eigenvalue weighted by molar-refractivity contribution is -0.360. The van der Waals surface area contributed by atoms with Crippen molar-refractivity contribution < 1.29 is 54.0 Å². The minimum Gasteiger partial charge on any atom is -0.387 e. The summed E-state index contributed by atoms with van der Waals surface area (Å²) in [5.74, 6) is 0. The number of aliphatic hydroxyl groups excluding tert-OH is 5. The molecule has 5 N–H and O–H groups in total. The van der Waals surface area contributed by atoms with Crippen LogP contribution in [0.15, 0.2) is 0 Å². The Balaban J connectivity index is 2.12. The smallest absolute Gasteiger partial charge is 0.187 e. The lowest BCUT2D eigenvalue weighted by atomic mass is 9.97. The van der Waals surface area contributed by atoms with E-state index in [1.165, 1.54) is 0 Å². The van der Waals surface area contributed by atoms with Crippen molar-refractivity contribution in [3.8, 4) is 0 Å². The molecule has 0 aliphatic carbocycles. The molecular formula is C24H46O11. The maximum atomic E-state index is 10.9. The van der Waals surface area contributed by atoms with Gasteiger partial charge in [0.2, 0.25) is 0 Å². The van der Waals surface area contributed by atoms with Gasteiger partial charge in [-0.2, -0.15) is 0 Å². The van der Waals surface area contributed by atoms with Crippen molar-refractivity contribution in [3.05, 3.63) is 0 Å². The minimum atomic E-state index is -1.62.